The Kier molecular flexibility index (Phi) is 7.44. The van der Waals surface area contributed by atoms with Gasteiger partial charge in [-0.1, -0.05) is 29.8 Å². The van der Waals surface area contributed by atoms with E-state index in [0.29, 0.717) is 19.0 Å². The SMILES string of the molecule is CN=C(NCCc1c(C)cc(C)cc1C)NCCN1C(=O)C2C3C=CC(C3)C2C1=O.I. The van der Waals surface area contributed by atoms with E-state index in [4.69, 9.17) is 0 Å². The van der Waals surface area contributed by atoms with Gasteiger partial charge in [0, 0.05) is 26.7 Å². The molecule has 1 aliphatic heterocycles. The summed E-state index contributed by atoms with van der Waals surface area (Å²) in [6.45, 7) is 8.10. The zero-order valence-corrected chi connectivity index (χ0v) is 21.1. The van der Waals surface area contributed by atoms with Crippen molar-refractivity contribution in [3.63, 3.8) is 0 Å². The van der Waals surface area contributed by atoms with Gasteiger partial charge >= 0.3 is 0 Å². The monoisotopic (exact) mass is 536 g/mol. The molecule has 4 rings (SSSR count). The number of amides is 2. The van der Waals surface area contributed by atoms with Crippen molar-refractivity contribution in [1.29, 1.82) is 0 Å². The molecule has 1 aromatic carbocycles. The number of guanidine groups is 1. The van der Waals surface area contributed by atoms with E-state index in [0.717, 1.165) is 19.4 Å². The lowest BCUT2D eigenvalue weighted by Gasteiger charge is -2.19. The Labute approximate surface area is 202 Å². The molecule has 2 amide bonds. The van der Waals surface area contributed by atoms with Crippen molar-refractivity contribution in [2.24, 2.45) is 28.7 Å². The van der Waals surface area contributed by atoms with Crippen LogP contribution in [0, 0.1) is 44.4 Å². The summed E-state index contributed by atoms with van der Waals surface area (Å²) >= 11 is 0. The van der Waals surface area contributed by atoms with Gasteiger partial charge in [-0.15, -0.1) is 24.0 Å². The summed E-state index contributed by atoms with van der Waals surface area (Å²) in [5.74, 6) is 0.999. The molecule has 2 bridgehead atoms. The van der Waals surface area contributed by atoms with Gasteiger partial charge in [0.25, 0.3) is 0 Å². The smallest absolute Gasteiger partial charge is 0.233 e. The molecule has 31 heavy (non-hydrogen) atoms. The average Bonchev–Trinajstić information content (AvgIpc) is 3.38. The molecule has 0 aromatic heterocycles. The molecule has 1 saturated carbocycles. The average molecular weight is 536 g/mol. The third-order valence-electron chi connectivity index (χ3n) is 6.92. The van der Waals surface area contributed by atoms with Crippen LogP contribution in [0.15, 0.2) is 29.3 Å². The third kappa shape index (κ3) is 4.52. The first-order chi connectivity index (χ1) is 14.4. The minimum Gasteiger partial charge on any atom is -0.356 e. The topological polar surface area (TPSA) is 73.8 Å². The predicted molar refractivity (Wildman–Crippen MR) is 134 cm³/mol. The van der Waals surface area contributed by atoms with Gasteiger partial charge in [-0.2, -0.15) is 0 Å². The van der Waals surface area contributed by atoms with Crippen LogP contribution in [0.2, 0.25) is 0 Å². The van der Waals surface area contributed by atoms with Crippen LogP contribution >= 0.6 is 24.0 Å². The van der Waals surface area contributed by atoms with Crippen LogP contribution < -0.4 is 10.6 Å². The minimum absolute atomic E-state index is 0. The van der Waals surface area contributed by atoms with Crippen molar-refractivity contribution in [2.75, 3.05) is 26.7 Å². The van der Waals surface area contributed by atoms with Crippen LogP contribution in [-0.2, 0) is 16.0 Å². The number of aryl methyl sites for hydroxylation is 3. The van der Waals surface area contributed by atoms with Crippen molar-refractivity contribution >= 4 is 41.8 Å². The number of allylic oxidation sites excluding steroid dienone is 2. The van der Waals surface area contributed by atoms with Gasteiger partial charge in [0.2, 0.25) is 11.8 Å². The summed E-state index contributed by atoms with van der Waals surface area (Å²) in [6.07, 6.45) is 6.14. The predicted octanol–water partition coefficient (Wildman–Crippen LogP) is 2.74. The first-order valence-electron chi connectivity index (χ1n) is 11.0. The van der Waals surface area contributed by atoms with Crippen LogP contribution in [0.3, 0.4) is 0 Å². The Morgan fingerprint density at radius 3 is 2.10 bits per heavy atom. The van der Waals surface area contributed by atoms with Gasteiger partial charge in [-0.25, -0.2) is 0 Å². The molecule has 168 valence electrons. The molecule has 1 aromatic rings. The molecule has 4 atom stereocenters. The standard InChI is InChI=1S/C24H32N4O2.HI/c1-14-11-15(2)19(16(3)12-14)7-8-26-24(25-4)27-9-10-28-22(29)20-17-5-6-18(13-17)21(20)23(28)30;/h5-6,11-12,17-18,20-21H,7-10,13H2,1-4H3,(H2,25,26,27);1H. The third-order valence-corrected chi connectivity index (χ3v) is 6.92. The number of carbonyl (C=O) groups excluding carboxylic acids is 2. The van der Waals surface area contributed by atoms with Crippen molar-refractivity contribution in [2.45, 2.75) is 33.6 Å². The lowest BCUT2D eigenvalue weighted by Crippen LogP contribution is -2.44. The van der Waals surface area contributed by atoms with E-state index in [2.05, 4.69) is 60.7 Å². The zero-order valence-electron chi connectivity index (χ0n) is 18.8. The van der Waals surface area contributed by atoms with Gasteiger partial charge in [-0.3, -0.25) is 19.5 Å². The summed E-state index contributed by atoms with van der Waals surface area (Å²) in [7, 11) is 1.73. The van der Waals surface area contributed by atoms with E-state index in [1.807, 2.05) is 0 Å². The maximum atomic E-state index is 12.7. The van der Waals surface area contributed by atoms with E-state index in [1.165, 1.54) is 27.2 Å². The van der Waals surface area contributed by atoms with Crippen LogP contribution in [0.1, 0.15) is 28.7 Å². The molecule has 7 heteroatoms. The zero-order chi connectivity index (χ0) is 21.4. The lowest BCUT2D eigenvalue weighted by atomic mass is 9.85. The summed E-state index contributed by atoms with van der Waals surface area (Å²) in [4.78, 5) is 31.2. The number of imide groups is 1. The summed E-state index contributed by atoms with van der Waals surface area (Å²) in [5.41, 5.74) is 5.29. The molecule has 0 spiro atoms. The highest BCUT2D eigenvalue weighted by atomic mass is 127. The largest absolute Gasteiger partial charge is 0.356 e. The van der Waals surface area contributed by atoms with Gasteiger partial charge in [0.05, 0.1) is 11.8 Å². The van der Waals surface area contributed by atoms with E-state index >= 15 is 0 Å². The molecule has 2 N–H and O–H groups in total. The number of carbonyl (C=O) groups is 2. The number of aliphatic imine (C=N–C) groups is 1. The van der Waals surface area contributed by atoms with E-state index in [9.17, 15) is 9.59 Å². The summed E-state index contributed by atoms with van der Waals surface area (Å²) in [6, 6.07) is 4.44. The number of fused-ring (bicyclic) bond motifs is 5. The highest BCUT2D eigenvalue weighted by Gasteiger charge is 2.58. The maximum Gasteiger partial charge on any atom is 0.233 e. The maximum absolute atomic E-state index is 12.7. The second-order valence-electron chi connectivity index (χ2n) is 8.88. The molecule has 6 nitrogen and oxygen atoms in total. The second kappa shape index (κ2) is 9.71. The second-order valence-corrected chi connectivity index (χ2v) is 8.88. The van der Waals surface area contributed by atoms with Gasteiger partial charge in [0.1, 0.15) is 0 Å². The molecule has 2 fully saturated rings. The van der Waals surface area contributed by atoms with Gasteiger partial charge in [-0.05, 0) is 62.1 Å². The highest BCUT2D eigenvalue weighted by Crippen LogP contribution is 2.52. The molecular weight excluding hydrogens is 503 g/mol. The minimum atomic E-state index is -0.120. The summed E-state index contributed by atoms with van der Waals surface area (Å²) in [5, 5.41) is 6.58. The number of nitrogens with one attached hydrogen (secondary N) is 2. The van der Waals surface area contributed by atoms with Crippen molar-refractivity contribution < 1.29 is 9.59 Å². The number of nitrogens with zero attached hydrogens (tertiary/aromatic N) is 2. The lowest BCUT2D eigenvalue weighted by molar-refractivity contribution is -0.140. The van der Waals surface area contributed by atoms with Crippen LogP contribution in [-0.4, -0.2) is 49.4 Å². The number of benzene rings is 1. The molecular formula is C24H33IN4O2. The molecule has 0 radical (unpaired) electrons. The number of hydrogen-bond acceptors (Lipinski definition) is 3. The van der Waals surface area contributed by atoms with Crippen molar-refractivity contribution in [3.05, 3.63) is 46.5 Å². The Morgan fingerprint density at radius 2 is 1.55 bits per heavy atom. The van der Waals surface area contributed by atoms with Crippen molar-refractivity contribution in [1.82, 2.24) is 15.5 Å². The molecule has 1 saturated heterocycles. The van der Waals surface area contributed by atoms with E-state index in [1.54, 1.807) is 7.05 Å². The normalized spacial score (nSPS) is 26.3. The van der Waals surface area contributed by atoms with Crippen molar-refractivity contribution in [3.8, 4) is 0 Å². The Morgan fingerprint density at radius 1 is 1.00 bits per heavy atom. The number of likely N-dealkylation sites (tertiary alicyclic amines) is 1. The molecule has 1 heterocycles. The Bertz CT molecular complexity index is 873. The Balaban J connectivity index is 0.00000272. The van der Waals surface area contributed by atoms with Gasteiger partial charge in [0.15, 0.2) is 5.96 Å². The quantitative estimate of drug-likeness (QED) is 0.193. The highest BCUT2D eigenvalue weighted by molar-refractivity contribution is 14.0. The van der Waals surface area contributed by atoms with Gasteiger partial charge < -0.3 is 10.6 Å². The van der Waals surface area contributed by atoms with E-state index in [-0.39, 0.29) is 59.5 Å². The fourth-order valence-electron chi connectivity index (χ4n) is 5.60. The number of halogens is 1. The molecule has 3 aliphatic rings. The first-order valence-corrected chi connectivity index (χ1v) is 11.0. The number of rotatable bonds is 6. The van der Waals surface area contributed by atoms with Crippen LogP contribution in [0.4, 0.5) is 0 Å². The molecule has 4 unspecified atom stereocenters. The number of hydrogen-bond donors (Lipinski definition) is 2. The van der Waals surface area contributed by atoms with Crippen LogP contribution in [0.25, 0.3) is 0 Å². The van der Waals surface area contributed by atoms with Crippen LogP contribution in [0.5, 0.6) is 0 Å². The molecule has 2 aliphatic carbocycles. The summed E-state index contributed by atoms with van der Waals surface area (Å²) < 4.78 is 0. The first kappa shape index (κ1) is 23.8. The fourth-order valence-corrected chi connectivity index (χ4v) is 5.60. The van der Waals surface area contributed by atoms with E-state index < -0.39 is 0 Å². The fraction of sp³-hybridized carbons (Fsp3) is 0.542. The Hall–Kier alpha value is -1.90.